The zero-order chi connectivity index (χ0) is 19.9. The second-order valence-corrected chi connectivity index (χ2v) is 7.62. The van der Waals surface area contributed by atoms with Crippen molar-refractivity contribution in [2.75, 3.05) is 25.1 Å². The first-order chi connectivity index (χ1) is 13.6. The molecule has 3 aromatic rings. The average Bonchev–Trinajstić information content (AvgIpc) is 3.17. The summed E-state index contributed by atoms with van der Waals surface area (Å²) in [6.07, 6.45) is 2.29. The number of nitrogens with zero attached hydrogens (tertiary/aromatic N) is 3. The smallest absolute Gasteiger partial charge is 0.188 e. The van der Waals surface area contributed by atoms with Crippen LogP contribution in [-0.2, 0) is 0 Å². The molecule has 0 aliphatic carbocycles. The van der Waals surface area contributed by atoms with E-state index in [2.05, 4.69) is 20.3 Å². The highest BCUT2D eigenvalue weighted by molar-refractivity contribution is 7.99. The first kappa shape index (κ1) is 20.5. The Balaban J connectivity index is 1.88. The SMILES string of the molecule is Cc1ncccc1Sc1cc(OCCO)cnc1Nc1nc(C(O)CO)cs1. The lowest BCUT2D eigenvalue weighted by Crippen LogP contribution is -2.04. The minimum Gasteiger partial charge on any atom is -0.490 e. The second-order valence-electron chi connectivity index (χ2n) is 5.68. The fourth-order valence-corrected chi connectivity index (χ4v) is 3.94. The minimum atomic E-state index is -1.01. The van der Waals surface area contributed by atoms with E-state index in [1.165, 1.54) is 23.1 Å². The predicted molar refractivity (Wildman–Crippen MR) is 107 cm³/mol. The molecule has 0 radical (unpaired) electrons. The van der Waals surface area contributed by atoms with Crippen LogP contribution in [0.2, 0.25) is 0 Å². The Morgan fingerprint density at radius 2 is 2.14 bits per heavy atom. The van der Waals surface area contributed by atoms with Crippen molar-refractivity contribution in [3.05, 3.63) is 47.4 Å². The molecule has 148 valence electrons. The van der Waals surface area contributed by atoms with Gasteiger partial charge in [-0.2, -0.15) is 0 Å². The minimum absolute atomic E-state index is 0.0841. The van der Waals surface area contributed by atoms with Gasteiger partial charge in [-0.3, -0.25) is 4.98 Å². The van der Waals surface area contributed by atoms with Gasteiger partial charge in [-0.15, -0.1) is 11.3 Å². The fourth-order valence-electron chi connectivity index (χ4n) is 2.23. The molecule has 1 unspecified atom stereocenters. The van der Waals surface area contributed by atoms with Crippen LogP contribution in [0.5, 0.6) is 5.75 Å². The van der Waals surface area contributed by atoms with E-state index < -0.39 is 6.10 Å². The van der Waals surface area contributed by atoms with Crippen LogP contribution in [0.3, 0.4) is 0 Å². The van der Waals surface area contributed by atoms with Crippen molar-refractivity contribution in [3.63, 3.8) is 0 Å². The van der Waals surface area contributed by atoms with Crippen LogP contribution in [0.4, 0.5) is 10.9 Å². The van der Waals surface area contributed by atoms with Gasteiger partial charge in [0, 0.05) is 16.5 Å². The molecule has 0 spiro atoms. The normalized spacial score (nSPS) is 12.0. The lowest BCUT2D eigenvalue weighted by molar-refractivity contribution is 0.0928. The van der Waals surface area contributed by atoms with Gasteiger partial charge in [0.25, 0.3) is 0 Å². The molecule has 3 aromatic heterocycles. The molecular formula is C18H20N4O4S2. The number of pyridine rings is 2. The number of nitrogens with one attached hydrogen (secondary N) is 1. The third-order valence-electron chi connectivity index (χ3n) is 3.63. The summed E-state index contributed by atoms with van der Waals surface area (Å²) in [6, 6.07) is 5.67. The summed E-state index contributed by atoms with van der Waals surface area (Å²) in [5, 5.41) is 33.1. The summed E-state index contributed by atoms with van der Waals surface area (Å²) in [7, 11) is 0. The number of aliphatic hydroxyl groups is 3. The van der Waals surface area contributed by atoms with Gasteiger partial charge in [0.1, 0.15) is 24.3 Å². The molecular weight excluding hydrogens is 400 g/mol. The summed E-state index contributed by atoms with van der Waals surface area (Å²) in [4.78, 5) is 14.8. The topological polar surface area (TPSA) is 121 Å². The first-order valence-electron chi connectivity index (χ1n) is 8.45. The number of thiazole rings is 1. The zero-order valence-corrected chi connectivity index (χ0v) is 16.7. The second kappa shape index (κ2) is 9.80. The Morgan fingerprint density at radius 3 is 2.89 bits per heavy atom. The Bertz CT molecular complexity index is 922. The largest absolute Gasteiger partial charge is 0.490 e. The summed E-state index contributed by atoms with van der Waals surface area (Å²) in [5.74, 6) is 1.11. The van der Waals surface area contributed by atoms with Gasteiger partial charge in [-0.1, -0.05) is 11.8 Å². The van der Waals surface area contributed by atoms with Gasteiger partial charge in [-0.05, 0) is 25.1 Å². The number of rotatable bonds is 9. The van der Waals surface area contributed by atoms with Gasteiger partial charge in [0.2, 0.25) is 0 Å². The summed E-state index contributed by atoms with van der Waals surface area (Å²) < 4.78 is 5.48. The van der Waals surface area contributed by atoms with Crippen LogP contribution in [0.15, 0.2) is 45.8 Å². The quantitative estimate of drug-likeness (QED) is 0.414. The Kier molecular flexibility index (Phi) is 7.18. The number of anilines is 2. The van der Waals surface area contributed by atoms with E-state index in [0.29, 0.717) is 22.4 Å². The number of aliphatic hydroxyl groups excluding tert-OH is 3. The molecule has 3 rings (SSSR count). The summed E-state index contributed by atoms with van der Waals surface area (Å²) in [5.41, 5.74) is 1.29. The molecule has 0 saturated carbocycles. The Labute approximate surface area is 170 Å². The van der Waals surface area contributed by atoms with Crippen LogP contribution in [0.1, 0.15) is 17.5 Å². The van der Waals surface area contributed by atoms with Gasteiger partial charge in [-0.25, -0.2) is 9.97 Å². The van der Waals surface area contributed by atoms with Crippen LogP contribution >= 0.6 is 23.1 Å². The number of ether oxygens (including phenoxy) is 1. The molecule has 4 N–H and O–H groups in total. The third kappa shape index (κ3) is 5.18. The molecule has 0 aliphatic heterocycles. The van der Waals surface area contributed by atoms with E-state index in [-0.39, 0.29) is 19.8 Å². The molecule has 0 aliphatic rings. The van der Waals surface area contributed by atoms with Crippen molar-refractivity contribution in [2.24, 2.45) is 0 Å². The molecule has 3 heterocycles. The van der Waals surface area contributed by atoms with Crippen molar-refractivity contribution < 1.29 is 20.1 Å². The number of hydrogen-bond donors (Lipinski definition) is 4. The number of hydrogen-bond acceptors (Lipinski definition) is 10. The van der Waals surface area contributed by atoms with Gasteiger partial charge in [0.05, 0.1) is 35.7 Å². The Morgan fingerprint density at radius 1 is 1.29 bits per heavy atom. The first-order valence-corrected chi connectivity index (χ1v) is 10.1. The maximum Gasteiger partial charge on any atom is 0.188 e. The molecule has 0 saturated heterocycles. The van der Waals surface area contributed by atoms with Crippen molar-refractivity contribution >= 4 is 34.0 Å². The third-order valence-corrected chi connectivity index (χ3v) is 5.59. The molecule has 0 bridgehead atoms. The highest BCUT2D eigenvalue weighted by atomic mass is 32.2. The van der Waals surface area contributed by atoms with Gasteiger partial charge >= 0.3 is 0 Å². The predicted octanol–water partition coefficient (Wildman–Crippen LogP) is 2.53. The zero-order valence-electron chi connectivity index (χ0n) is 15.1. The highest BCUT2D eigenvalue weighted by Crippen LogP contribution is 2.37. The lowest BCUT2D eigenvalue weighted by Gasteiger charge is -2.12. The molecule has 0 aromatic carbocycles. The summed E-state index contributed by atoms with van der Waals surface area (Å²) >= 11 is 2.79. The standard InChI is InChI=1S/C18H20N4O4S2/c1-11-15(3-2-4-19-11)28-16-7-12(26-6-5-23)8-20-17(16)22-18-21-13(10-27-18)14(25)9-24/h2-4,7-8,10,14,23-25H,5-6,9H2,1H3,(H,20,21,22). The fraction of sp³-hybridized carbons (Fsp3) is 0.278. The van der Waals surface area contributed by atoms with Crippen LogP contribution < -0.4 is 10.1 Å². The maximum atomic E-state index is 9.71. The van der Waals surface area contributed by atoms with Gasteiger partial charge in [0.15, 0.2) is 5.13 Å². The monoisotopic (exact) mass is 420 g/mol. The van der Waals surface area contributed by atoms with E-state index in [0.717, 1.165) is 15.5 Å². The van der Waals surface area contributed by atoms with Crippen LogP contribution in [0, 0.1) is 6.92 Å². The van der Waals surface area contributed by atoms with Gasteiger partial charge < -0.3 is 25.4 Å². The maximum absolute atomic E-state index is 9.71. The van der Waals surface area contributed by atoms with Crippen LogP contribution in [-0.4, -0.2) is 50.1 Å². The van der Waals surface area contributed by atoms with E-state index in [1.807, 2.05) is 25.1 Å². The molecule has 10 heteroatoms. The molecule has 1 atom stereocenters. The van der Waals surface area contributed by atoms with Crippen LogP contribution in [0.25, 0.3) is 0 Å². The van der Waals surface area contributed by atoms with E-state index >= 15 is 0 Å². The molecule has 0 amide bonds. The molecule has 28 heavy (non-hydrogen) atoms. The van der Waals surface area contributed by atoms with Crippen molar-refractivity contribution in [2.45, 2.75) is 22.8 Å². The lowest BCUT2D eigenvalue weighted by atomic mass is 10.3. The van der Waals surface area contributed by atoms with Crippen molar-refractivity contribution in [1.29, 1.82) is 0 Å². The molecule has 8 nitrogen and oxygen atoms in total. The summed E-state index contributed by atoms with van der Waals surface area (Å²) in [6.45, 7) is 1.64. The number of aryl methyl sites for hydroxylation is 1. The van der Waals surface area contributed by atoms with E-state index in [1.54, 1.807) is 17.8 Å². The number of aromatic nitrogens is 3. The van der Waals surface area contributed by atoms with Crippen molar-refractivity contribution in [1.82, 2.24) is 15.0 Å². The Hall–Kier alpha value is -2.24. The average molecular weight is 421 g/mol. The van der Waals surface area contributed by atoms with E-state index in [9.17, 15) is 5.11 Å². The van der Waals surface area contributed by atoms with Crippen molar-refractivity contribution in [3.8, 4) is 5.75 Å². The van der Waals surface area contributed by atoms with E-state index in [4.69, 9.17) is 14.9 Å². The molecule has 0 fully saturated rings. The highest BCUT2D eigenvalue weighted by Gasteiger charge is 2.14.